The van der Waals surface area contributed by atoms with Crippen molar-refractivity contribution in [2.45, 2.75) is 95.0 Å². The Morgan fingerprint density at radius 1 is 0.682 bits per heavy atom. The lowest BCUT2D eigenvalue weighted by atomic mass is 9.85. The van der Waals surface area contributed by atoms with Gasteiger partial charge in [-0.2, -0.15) is 13.2 Å². The third-order valence-corrected chi connectivity index (χ3v) is 18.8. The number of nitrogens with one attached hydrogen (secondary N) is 3. The molecule has 5 fully saturated rings. The third-order valence-electron chi connectivity index (χ3n) is 18.6. The average Bonchev–Trinajstić information content (AvgIpc) is 1.18. The number of carbonyl (C=O) groups is 5. The number of halogens is 4. The monoisotopic (exact) mass is 1230 g/mol. The SMILES string of the molecule is CC(C)(C)OC(=O)NC1(C(=O)NC(CCN2CCN(C(=O)CN3CCN(CC4CCN(C(=O)c5ccc(C6CCN(C(=O)c7cccc8c(C(F)(F)F)cccc78)CC6)cc5)CC4)CC3)CC2)c2ccc(Cl)cc2)CCN(c2ncnc3[nH]ccc23)CC1. The van der Waals surface area contributed by atoms with E-state index in [4.69, 9.17) is 16.3 Å². The molecule has 0 aliphatic carbocycles. The first kappa shape index (κ1) is 62.3. The summed E-state index contributed by atoms with van der Waals surface area (Å²) in [7, 11) is 0. The van der Waals surface area contributed by atoms with Crippen molar-refractivity contribution in [2.75, 3.05) is 116 Å². The Kier molecular flexibility index (Phi) is 19.0. The van der Waals surface area contributed by atoms with Crippen LogP contribution in [0, 0.1) is 5.92 Å². The summed E-state index contributed by atoms with van der Waals surface area (Å²) in [5, 5.41) is 8.15. The van der Waals surface area contributed by atoms with Gasteiger partial charge < -0.3 is 44.9 Å². The lowest BCUT2D eigenvalue weighted by Gasteiger charge is -2.42. The summed E-state index contributed by atoms with van der Waals surface area (Å²) in [6.07, 6.45) is 2.70. The predicted octanol–water partition coefficient (Wildman–Crippen LogP) is 9.23. The summed E-state index contributed by atoms with van der Waals surface area (Å²) < 4.78 is 46.9. The standard InChI is InChI=1S/C66H80ClF3N12O6/c1-64(2,3)88-63(87)75-65(24-32-80(33-25-65)59-54-18-26-71-58(54)72-44-73-59)62(86)74-56(48-14-16-50(67)17-15-48)23-27-76-38-40-79(41-39-76)57(83)43-78-36-34-77(35-37-78)42-45-19-28-81(29-20-45)60(84)49-12-10-46(11-13-49)47-21-30-82(31-22-47)61(85)53-8-4-7-52-51(53)6-5-9-55(52)66(68,69)70/h4-18,26,44-45,47,56H,19-25,27-43H2,1-3H3,(H,74,86)(H,75,87)(H,71,72,73). The van der Waals surface area contributed by atoms with Crippen LogP contribution in [0.4, 0.5) is 23.8 Å². The van der Waals surface area contributed by atoms with E-state index in [1.165, 1.54) is 24.5 Å². The van der Waals surface area contributed by atoms with Crippen molar-refractivity contribution in [1.82, 2.24) is 55.0 Å². The van der Waals surface area contributed by atoms with Crippen LogP contribution in [0.25, 0.3) is 21.8 Å². The molecule has 0 spiro atoms. The zero-order valence-electron chi connectivity index (χ0n) is 50.5. The Balaban J connectivity index is 0.596. The van der Waals surface area contributed by atoms with Gasteiger partial charge in [0.25, 0.3) is 11.8 Å². The van der Waals surface area contributed by atoms with E-state index in [0.717, 1.165) is 79.6 Å². The molecule has 5 aliphatic heterocycles. The van der Waals surface area contributed by atoms with Gasteiger partial charge in [-0.05, 0) is 142 Å². The van der Waals surface area contributed by atoms with E-state index >= 15 is 0 Å². The molecule has 0 saturated carbocycles. The van der Waals surface area contributed by atoms with Gasteiger partial charge in [0.1, 0.15) is 28.9 Å². The molecule has 6 aromatic rings. The van der Waals surface area contributed by atoms with E-state index in [1.807, 2.05) is 70.6 Å². The normalized spacial score (nSPS) is 19.2. The van der Waals surface area contributed by atoms with Crippen molar-refractivity contribution in [3.63, 3.8) is 0 Å². The summed E-state index contributed by atoms with van der Waals surface area (Å²) in [5.41, 5.74) is 0.901. The summed E-state index contributed by atoms with van der Waals surface area (Å²) in [4.78, 5) is 96.2. The molecule has 0 radical (unpaired) electrons. The molecular weight excluding hydrogens is 1150 g/mol. The van der Waals surface area contributed by atoms with Gasteiger partial charge in [0, 0.05) is 127 Å². The van der Waals surface area contributed by atoms with Crippen molar-refractivity contribution in [2.24, 2.45) is 5.92 Å². The molecule has 5 amide bonds. The molecule has 4 aromatic carbocycles. The molecule has 5 aliphatic rings. The van der Waals surface area contributed by atoms with Crippen molar-refractivity contribution in [3.05, 3.63) is 136 Å². The van der Waals surface area contributed by atoms with Crippen LogP contribution in [0.5, 0.6) is 0 Å². The van der Waals surface area contributed by atoms with Gasteiger partial charge in [0.15, 0.2) is 0 Å². The Morgan fingerprint density at radius 3 is 2.00 bits per heavy atom. The molecule has 3 N–H and O–H groups in total. The molecule has 2 aromatic heterocycles. The molecule has 18 nitrogen and oxygen atoms in total. The summed E-state index contributed by atoms with van der Waals surface area (Å²) in [5.74, 6) is 1.07. The van der Waals surface area contributed by atoms with E-state index in [-0.39, 0.29) is 40.5 Å². The van der Waals surface area contributed by atoms with Crippen LogP contribution in [0.1, 0.15) is 115 Å². The molecule has 11 rings (SSSR count). The number of alkyl halides is 3. The molecule has 468 valence electrons. The quantitative estimate of drug-likeness (QED) is 0.0888. The summed E-state index contributed by atoms with van der Waals surface area (Å²) in [6, 6.07) is 25.4. The van der Waals surface area contributed by atoms with Gasteiger partial charge in [-0.3, -0.25) is 29.0 Å². The lowest BCUT2D eigenvalue weighted by molar-refractivity contribution is -0.136. The lowest BCUT2D eigenvalue weighted by Crippen LogP contribution is -2.64. The number of hydrogen-bond acceptors (Lipinski definition) is 12. The number of hydrogen-bond donors (Lipinski definition) is 3. The number of rotatable bonds is 15. The van der Waals surface area contributed by atoms with Crippen LogP contribution in [0.2, 0.25) is 5.02 Å². The van der Waals surface area contributed by atoms with Crippen molar-refractivity contribution < 1.29 is 41.9 Å². The van der Waals surface area contributed by atoms with Crippen molar-refractivity contribution in [1.29, 1.82) is 0 Å². The van der Waals surface area contributed by atoms with Crippen LogP contribution in [-0.4, -0.2) is 196 Å². The Labute approximate surface area is 517 Å². The Hall–Kier alpha value is -7.33. The fraction of sp³-hybridized carbons (Fsp3) is 0.500. The van der Waals surface area contributed by atoms with Crippen LogP contribution in [-0.2, 0) is 20.5 Å². The average molecular weight is 1230 g/mol. The molecule has 7 heterocycles. The highest BCUT2D eigenvalue weighted by Gasteiger charge is 2.45. The highest BCUT2D eigenvalue weighted by atomic mass is 35.5. The second kappa shape index (κ2) is 26.8. The largest absolute Gasteiger partial charge is 0.444 e. The van der Waals surface area contributed by atoms with E-state index in [1.54, 1.807) is 37.8 Å². The molecule has 1 unspecified atom stereocenters. The van der Waals surface area contributed by atoms with E-state index in [2.05, 4.69) is 45.2 Å². The van der Waals surface area contributed by atoms with Gasteiger partial charge in [-0.25, -0.2) is 14.8 Å². The van der Waals surface area contributed by atoms with Crippen LogP contribution < -0.4 is 15.5 Å². The topological polar surface area (TPSA) is 183 Å². The number of carbonyl (C=O) groups excluding carboxylic acids is 5. The first-order valence-electron chi connectivity index (χ1n) is 31.1. The minimum atomic E-state index is -4.52. The van der Waals surface area contributed by atoms with Crippen LogP contribution >= 0.6 is 11.6 Å². The van der Waals surface area contributed by atoms with Gasteiger partial charge in [-0.1, -0.05) is 60.1 Å². The molecule has 1 atom stereocenters. The third kappa shape index (κ3) is 14.7. The summed E-state index contributed by atoms with van der Waals surface area (Å²) in [6.45, 7) is 16.8. The summed E-state index contributed by atoms with van der Waals surface area (Å²) >= 11 is 6.35. The second-order valence-corrected chi connectivity index (χ2v) is 25.9. The highest BCUT2D eigenvalue weighted by Crippen LogP contribution is 2.38. The van der Waals surface area contributed by atoms with Gasteiger partial charge >= 0.3 is 12.3 Å². The second-order valence-electron chi connectivity index (χ2n) is 25.4. The molecular formula is C66H80ClF3N12O6. The smallest absolute Gasteiger partial charge is 0.417 e. The zero-order chi connectivity index (χ0) is 61.7. The minimum Gasteiger partial charge on any atom is -0.444 e. The molecule has 5 saturated heterocycles. The zero-order valence-corrected chi connectivity index (χ0v) is 51.3. The maximum atomic E-state index is 14.8. The highest BCUT2D eigenvalue weighted by molar-refractivity contribution is 6.30. The number of alkyl carbamates (subject to hydrolysis) is 1. The number of ether oxygens (including phenoxy) is 1. The van der Waals surface area contributed by atoms with Gasteiger partial charge in [-0.15, -0.1) is 0 Å². The van der Waals surface area contributed by atoms with Gasteiger partial charge in [0.05, 0.1) is 23.5 Å². The van der Waals surface area contributed by atoms with E-state index in [0.29, 0.717) is 133 Å². The number of likely N-dealkylation sites (tertiary alicyclic amines) is 2. The van der Waals surface area contributed by atoms with Gasteiger partial charge in [0.2, 0.25) is 11.8 Å². The number of anilines is 1. The van der Waals surface area contributed by atoms with Crippen molar-refractivity contribution in [3.8, 4) is 0 Å². The molecule has 88 heavy (non-hydrogen) atoms. The number of nitrogens with zero attached hydrogens (tertiary/aromatic N) is 9. The maximum absolute atomic E-state index is 14.8. The Morgan fingerprint density at radius 2 is 1.32 bits per heavy atom. The number of aromatic amines is 1. The van der Waals surface area contributed by atoms with E-state index in [9.17, 15) is 37.1 Å². The predicted molar refractivity (Wildman–Crippen MR) is 332 cm³/mol. The van der Waals surface area contributed by atoms with Crippen LogP contribution in [0.15, 0.2) is 104 Å². The fourth-order valence-electron chi connectivity index (χ4n) is 13.5. The number of fused-ring (bicyclic) bond motifs is 2. The number of benzene rings is 4. The first-order valence-corrected chi connectivity index (χ1v) is 31.5. The number of aromatic nitrogens is 3. The molecule has 0 bridgehead atoms. The van der Waals surface area contributed by atoms with E-state index < -0.39 is 35.0 Å². The minimum absolute atomic E-state index is 0.0229. The number of piperidine rings is 3. The Bertz CT molecular complexity index is 3430. The number of H-pyrrole nitrogens is 1. The number of amides is 5. The number of piperazine rings is 2. The maximum Gasteiger partial charge on any atom is 0.417 e. The fourth-order valence-corrected chi connectivity index (χ4v) is 13.6. The van der Waals surface area contributed by atoms with Crippen LogP contribution in [0.3, 0.4) is 0 Å². The molecule has 22 heteroatoms. The first-order chi connectivity index (χ1) is 42.3. The van der Waals surface area contributed by atoms with Crippen molar-refractivity contribution >= 4 is 68.9 Å².